The number of allylic oxidation sites excluding steroid dienone is 4. The lowest BCUT2D eigenvalue weighted by atomic mass is 9.39. The highest BCUT2D eigenvalue weighted by Crippen LogP contribution is 2.27. The average molecular weight is 190 g/mol. The van der Waals surface area contributed by atoms with Crippen LogP contribution in [-0.4, -0.2) is 6.71 Å². The Morgan fingerprint density at radius 1 is 1.36 bits per heavy atom. The largest absolute Gasteiger partial charge is 0.144 e. The van der Waals surface area contributed by atoms with Crippen molar-refractivity contribution < 1.29 is 0 Å². The highest BCUT2D eigenvalue weighted by Gasteiger charge is 2.17. The van der Waals surface area contributed by atoms with Gasteiger partial charge >= 0.3 is 0 Å². The van der Waals surface area contributed by atoms with Crippen molar-refractivity contribution in [3.8, 4) is 0 Å². The van der Waals surface area contributed by atoms with Crippen molar-refractivity contribution in [2.45, 2.75) is 59.0 Å². The van der Waals surface area contributed by atoms with Crippen LogP contribution in [0.2, 0.25) is 19.0 Å². The van der Waals surface area contributed by atoms with Crippen molar-refractivity contribution >= 4 is 6.71 Å². The van der Waals surface area contributed by atoms with E-state index >= 15 is 0 Å². The lowest BCUT2D eigenvalue weighted by Crippen LogP contribution is -2.15. The zero-order chi connectivity index (χ0) is 10.6. The van der Waals surface area contributed by atoms with Crippen molar-refractivity contribution in [1.82, 2.24) is 0 Å². The Bertz CT molecular complexity index is 238. The molecule has 1 rings (SSSR count). The second-order valence-electron chi connectivity index (χ2n) is 4.76. The van der Waals surface area contributed by atoms with Gasteiger partial charge in [-0.05, 0) is 26.1 Å². The van der Waals surface area contributed by atoms with E-state index in [0.29, 0.717) is 0 Å². The van der Waals surface area contributed by atoms with Gasteiger partial charge in [0, 0.05) is 0 Å². The molecule has 14 heavy (non-hydrogen) atoms. The monoisotopic (exact) mass is 190 g/mol. The van der Waals surface area contributed by atoms with Gasteiger partial charge in [0.05, 0.1) is 0 Å². The van der Waals surface area contributed by atoms with Gasteiger partial charge in [0.25, 0.3) is 0 Å². The summed E-state index contributed by atoms with van der Waals surface area (Å²) in [7, 11) is 0. The third kappa shape index (κ3) is 3.04. The Kier molecular flexibility index (Phi) is 4.51. The first kappa shape index (κ1) is 11.6. The molecule has 0 aromatic heterocycles. The lowest BCUT2D eigenvalue weighted by molar-refractivity contribution is 0.851. The van der Waals surface area contributed by atoms with E-state index in [1.54, 1.807) is 5.57 Å². The molecule has 0 saturated heterocycles. The summed E-state index contributed by atoms with van der Waals surface area (Å²) < 4.78 is 0. The van der Waals surface area contributed by atoms with Crippen LogP contribution in [0.3, 0.4) is 0 Å². The number of hydrogen-bond acceptors (Lipinski definition) is 0. The maximum atomic E-state index is 2.44. The van der Waals surface area contributed by atoms with Gasteiger partial charge in [-0.1, -0.05) is 56.2 Å². The third-order valence-electron chi connectivity index (χ3n) is 3.67. The molecule has 0 amide bonds. The maximum absolute atomic E-state index is 2.44. The van der Waals surface area contributed by atoms with Crippen LogP contribution < -0.4 is 0 Å². The van der Waals surface area contributed by atoms with Crippen LogP contribution in [0.1, 0.15) is 40.0 Å². The molecule has 0 bridgehead atoms. The van der Waals surface area contributed by atoms with E-state index in [4.69, 9.17) is 0 Å². The third-order valence-corrected chi connectivity index (χ3v) is 3.67. The van der Waals surface area contributed by atoms with E-state index in [1.807, 2.05) is 0 Å². The second kappa shape index (κ2) is 5.43. The van der Waals surface area contributed by atoms with Gasteiger partial charge in [-0.3, -0.25) is 0 Å². The topological polar surface area (TPSA) is 0 Å². The summed E-state index contributed by atoms with van der Waals surface area (Å²) in [6, 6.07) is 0. The van der Waals surface area contributed by atoms with Gasteiger partial charge in [0.1, 0.15) is 6.71 Å². The fourth-order valence-corrected chi connectivity index (χ4v) is 2.04. The molecular formula is C13H23B. The van der Waals surface area contributed by atoms with Crippen LogP contribution in [0.15, 0.2) is 23.3 Å². The average Bonchev–Trinajstić information content (AvgIpc) is 2.20. The summed E-state index contributed by atoms with van der Waals surface area (Å²) >= 11 is 0. The predicted molar refractivity (Wildman–Crippen MR) is 67.2 cm³/mol. The molecule has 0 heterocycles. The van der Waals surface area contributed by atoms with E-state index in [9.17, 15) is 0 Å². The van der Waals surface area contributed by atoms with E-state index in [-0.39, 0.29) is 0 Å². The molecule has 1 aliphatic carbocycles. The Labute approximate surface area is 89.6 Å². The summed E-state index contributed by atoms with van der Waals surface area (Å²) in [5, 5.41) is 0. The first-order chi connectivity index (χ1) is 6.65. The van der Waals surface area contributed by atoms with Gasteiger partial charge in [0.2, 0.25) is 0 Å². The Morgan fingerprint density at radius 3 is 2.57 bits per heavy atom. The minimum absolute atomic E-state index is 0.827. The normalized spacial score (nSPS) is 18.6. The summed E-state index contributed by atoms with van der Waals surface area (Å²) in [5.74, 6) is 0.852. The van der Waals surface area contributed by atoms with Crippen LogP contribution in [0.4, 0.5) is 0 Å². The van der Waals surface area contributed by atoms with Crippen LogP contribution in [0.25, 0.3) is 0 Å². The molecule has 0 nitrogen and oxygen atoms in total. The highest BCUT2D eigenvalue weighted by molar-refractivity contribution is 6.59. The Morgan fingerprint density at radius 2 is 2.00 bits per heavy atom. The zero-order valence-corrected chi connectivity index (χ0v) is 10.1. The summed E-state index contributed by atoms with van der Waals surface area (Å²) in [4.78, 5) is 0. The van der Waals surface area contributed by atoms with Gasteiger partial charge in [-0.15, -0.1) is 0 Å². The van der Waals surface area contributed by atoms with E-state index in [0.717, 1.165) is 12.5 Å². The van der Waals surface area contributed by atoms with Crippen molar-refractivity contribution in [2.24, 2.45) is 0 Å². The minimum atomic E-state index is 0.827. The quantitative estimate of drug-likeness (QED) is 0.569. The van der Waals surface area contributed by atoms with E-state index < -0.39 is 0 Å². The van der Waals surface area contributed by atoms with Crippen molar-refractivity contribution in [1.29, 1.82) is 0 Å². The molecule has 1 aliphatic rings. The predicted octanol–water partition coefficient (Wildman–Crippen LogP) is 4.58. The molecule has 1 heteroatoms. The Balaban J connectivity index is 2.51. The molecule has 0 aromatic carbocycles. The molecule has 0 aliphatic heterocycles. The molecule has 1 atom stereocenters. The van der Waals surface area contributed by atoms with Crippen molar-refractivity contribution in [3.05, 3.63) is 23.3 Å². The van der Waals surface area contributed by atoms with Crippen LogP contribution in [-0.2, 0) is 0 Å². The fourth-order valence-electron chi connectivity index (χ4n) is 2.04. The summed E-state index contributed by atoms with van der Waals surface area (Å²) in [6.45, 7) is 10.1. The van der Waals surface area contributed by atoms with Crippen LogP contribution >= 0.6 is 0 Å². The van der Waals surface area contributed by atoms with Gasteiger partial charge in [-0.2, -0.15) is 0 Å². The highest BCUT2D eigenvalue weighted by atomic mass is 14.1. The SMILES string of the molecule is CCC(C)B(C)CC1=CCCC=C1C. The van der Waals surface area contributed by atoms with Gasteiger partial charge in [0.15, 0.2) is 0 Å². The van der Waals surface area contributed by atoms with E-state index in [2.05, 4.69) is 39.7 Å². The standard InChI is InChI=1S/C13H23B/c1-5-12(3)14(4)10-13-9-7-6-8-11(13)2/h8-9,12H,5-7,10H2,1-4H3. The molecule has 1 unspecified atom stereocenters. The maximum Gasteiger partial charge on any atom is 0.144 e. The molecule has 0 spiro atoms. The summed E-state index contributed by atoms with van der Waals surface area (Å²) in [5.41, 5.74) is 3.12. The number of rotatable bonds is 4. The van der Waals surface area contributed by atoms with Crippen molar-refractivity contribution in [2.75, 3.05) is 0 Å². The molecule has 0 radical (unpaired) electrons. The van der Waals surface area contributed by atoms with Crippen LogP contribution in [0, 0.1) is 0 Å². The summed E-state index contributed by atoms with van der Waals surface area (Å²) in [6.07, 6.45) is 9.90. The van der Waals surface area contributed by atoms with Gasteiger partial charge < -0.3 is 0 Å². The minimum Gasteiger partial charge on any atom is -0.0856 e. The molecule has 0 saturated carbocycles. The van der Waals surface area contributed by atoms with Crippen molar-refractivity contribution in [3.63, 3.8) is 0 Å². The van der Waals surface area contributed by atoms with E-state index in [1.165, 1.54) is 31.2 Å². The van der Waals surface area contributed by atoms with Crippen LogP contribution in [0.5, 0.6) is 0 Å². The fraction of sp³-hybridized carbons (Fsp3) is 0.692. The Hall–Kier alpha value is -0.455. The lowest BCUT2D eigenvalue weighted by Gasteiger charge is -2.19. The molecule has 78 valence electrons. The molecule has 0 N–H and O–H groups in total. The molecule has 0 fully saturated rings. The molecular weight excluding hydrogens is 167 g/mol. The first-order valence-corrected chi connectivity index (χ1v) is 6.01. The smallest absolute Gasteiger partial charge is 0.0856 e. The number of hydrogen-bond donors (Lipinski definition) is 0. The first-order valence-electron chi connectivity index (χ1n) is 6.01. The zero-order valence-electron chi connectivity index (χ0n) is 10.1. The molecule has 0 aromatic rings. The second-order valence-corrected chi connectivity index (χ2v) is 4.76. The van der Waals surface area contributed by atoms with Gasteiger partial charge in [-0.25, -0.2) is 0 Å².